The van der Waals surface area contributed by atoms with Crippen LogP contribution >= 0.6 is 11.6 Å². The summed E-state index contributed by atoms with van der Waals surface area (Å²) in [5, 5.41) is 1.17. The summed E-state index contributed by atoms with van der Waals surface area (Å²) in [6.45, 7) is 2.49. The molecule has 0 atom stereocenters. The highest BCUT2D eigenvalue weighted by Gasteiger charge is 2.35. The van der Waals surface area contributed by atoms with Gasteiger partial charge in [-0.1, -0.05) is 11.6 Å². The van der Waals surface area contributed by atoms with E-state index in [4.69, 9.17) is 20.4 Å². The largest absolute Gasteiger partial charge is 0.467 e. The minimum absolute atomic E-state index is 0.000273. The molecule has 5 rings (SSSR count). The van der Waals surface area contributed by atoms with Crippen molar-refractivity contribution < 1.29 is 22.0 Å². The van der Waals surface area contributed by atoms with Crippen LogP contribution in [0.1, 0.15) is 31.1 Å². The molecule has 9 heteroatoms. The summed E-state index contributed by atoms with van der Waals surface area (Å²) < 4.78 is 39.6. The van der Waals surface area contributed by atoms with Gasteiger partial charge in [-0.3, -0.25) is 9.10 Å². The predicted molar refractivity (Wildman–Crippen MR) is 134 cm³/mol. The average Bonchev–Trinajstić information content (AvgIpc) is 3.35. The number of rotatable bonds is 9. The first-order chi connectivity index (χ1) is 16.9. The fraction of sp³-hybridized carbons (Fsp3) is 0.269. The van der Waals surface area contributed by atoms with Crippen molar-refractivity contribution in [2.24, 2.45) is 5.92 Å². The smallest absolute Gasteiger partial charge is 0.264 e. The van der Waals surface area contributed by atoms with E-state index in [1.165, 1.54) is 10.6 Å². The van der Waals surface area contributed by atoms with Gasteiger partial charge >= 0.3 is 0 Å². The van der Waals surface area contributed by atoms with E-state index >= 15 is 0 Å². The van der Waals surface area contributed by atoms with Crippen molar-refractivity contribution >= 4 is 44.2 Å². The Bertz CT molecular complexity index is 1460. The Labute approximate surface area is 208 Å². The Kier molecular flexibility index (Phi) is 6.34. The van der Waals surface area contributed by atoms with Crippen molar-refractivity contribution in [1.29, 1.82) is 0 Å². The van der Waals surface area contributed by atoms with Crippen LogP contribution in [0.15, 0.2) is 80.9 Å². The van der Waals surface area contributed by atoms with Gasteiger partial charge in [-0.25, -0.2) is 8.42 Å². The van der Waals surface area contributed by atoms with Gasteiger partial charge in [0.1, 0.15) is 11.3 Å². The fourth-order valence-electron chi connectivity index (χ4n) is 4.22. The normalized spacial score (nSPS) is 13.8. The van der Waals surface area contributed by atoms with E-state index in [-0.39, 0.29) is 29.8 Å². The Morgan fingerprint density at radius 2 is 1.86 bits per heavy atom. The van der Waals surface area contributed by atoms with Gasteiger partial charge in [-0.2, -0.15) is 0 Å². The lowest BCUT2D eigenvalue weighted by Crippen LogP contribution is -2.34. The molecule has 0 spiro atoms. The maximum absolute atomic E-state index is 13.7. The quantitative estimate of drug-likeness (QED) is 0.281. The fourth-order valence-corrected chi connectivity index (χ4v) is 5.96. The molecule has 2 heterocycles. The summed E-state index contributed by atoms with van der Waals surface area (Å²) in [6, 6.07) is 15.2. The number of furan rings is 2. The molecule has 1 saturated carbocycles. The minimum Gasteiger partial charge on any atom is -0.467 e. The highest BCUT2D eigenvalue weighted by Crippen LogP contribution is 2.35. The predicted octanol–water partition coefficient (Wildman–Crippen LogP) is 5.83. The van der Waals surface area contributed by atoms with E-state index in [9.17, 15) is 13.2 Å². The van der Waals surface area contributed by atoms with E-state index in [0.29, 0.717) is 39.5 Å². The van der Waals surface area contributed by atoms with Crippen LogP contribution in [0.4, 0.5) is 5.69 Å². The minimum atomic E-state index is -3.89. The van der Waals surface area contributed by atoms with Gasteiger partial charge in [0.25, 0.3) is 10.0 Å². The number of benzene rings is 2. The Morgan fingerprint density at radius 1 is 1.03 bits per heavy atom. The summed E-state index contributed by atoms with van der Waals surface area (Å²) in [4.78, 5) is 15.0. The van der Waals surface area contributed by atoms with Crippen LogP contribution in [0.3, 0.4) is 0 Å². The first-order valence-corrected chi connectivity index (χ1v) is 13.3. The molecule has 0 aliphatic heterocycles. The van der Waals surface area contributed by atoms with Crippen LogP contribution in [0, 0.1) is 5.92 Å². The summed E-state index contributed by atoms with van der Waals surface area (Å²) >= 11 is 6.33. The summed E-state index contributed by atoms with van der Waals surface area (Å²) in [5.74, 6) is 0.694. The summed E-state index contributed by atoms with van der Waals surface area (Å²) in [5.41, 5.74) is 1.75. The van der Waals surface area contributed by atoms with Gasteiger partial charge in [-0.15, -0.1) is 0 Å². The summed E-state index contributed by atoms with van der Waals surface area (Å²) in [7, 11) is -3.89. The summed E-state index contributed by atoms with van der Waals surface area (Å²) in [6.07, 6.45) is 4.83. The second-order valence-electron chi connectivity index (χ2n) is 8.61. The van der Waals surface area contributed by atoms with Crippen molar-refractivity contribution in [3.8, 4) is 0 Å². The zero-order valence-electron chi connectivity index (χ0n) is 19.2. The molecule has 1 aliphatic rings. The Morgan fingerprint density at radius 3 is 2.57 bits per heavy atom. The van der Waals surface area contributed by atoms with E-state index in [0.717, 1.165) is 12.8 Å². The van der Waals surface area contributed by atoms with Gasteiger partial charge in [0.15, 0.2) is 0 Å². The van der Waals surface area contributed by atoms with Crippen molar-refractivity contribution in [3.63, 3.8) is 0 Å². The van der Waals surface area contributed by atoms with Gasteiger partial charge in [0, 0.05) is 29.4 Å². The zero-order valence-corrected chi connectivity index (χ0v) is 20.8. The molecule has 0 N–H and O–H groups in total. The maximum Gasteiger partial charge on any atom is 0.264 e. The van der Waals surface area contributed by atoms with Gasteiger partial charge in [-0.05, 0) is 79.9 Å². The van der Waals surface area contributed by atoms with Crippen molar-refractivity contribution in [3.05, 3.63) is 83.5 Å². The van der Waals surface area contributed by atoms with Crippen LogP contribution in [0.25, 0.3) is 11.0 Å². The van der Waals surface area contributed by atoms with Crippen LogP contribution in [0.2, 0.25) is 5.02 Å². The lowest BCUT2D eigenvalue weighted by molar-refractivity contribution is -0.134. The number of hydrogen-bond acceptors (Lipinski definition) is 5. The molecule has 2 aromatic heterocycles. The zero-order chi connectivity index (χ0) is 24.6. The highest BCUT2D eigenvalue weighted by molar-refractivity contribution is 7.92. The Balaban J connectivity index is 1.52. The van der Waals surface area contributed by atoms with Crippen LogP contribution < -0.4 is 4.31 Å². The second-order valence-corrected chi connectivity index (χ2v) is 10.9. The van der Waals surface area contributed by atoms with Crippen molar-refractivity contribution in [1.82, 2.24) is 4.90 Å². The molecular formula is C26H25ClN2O5S. The van der Waals surface area contributed by atoms with Crippen LogP contribution in [-0.2, 0) is 27.9 Å². The first kappa shape index (κ1) is 23.5. The number of sulfonamides is 1. The molecule has 0 radical (unpaired) electrons. The van der Waals surface area contributed by atoms with Crippen LogP contribution in [0.5, 0.6) is 0 Å². The van der Waals surface area contributed by atoms with Gasteiger partial charge in [0.05, 0.1) is 29.7 Å². The molecule has 0 unspecified atom stereocenters. The lowest BCUT2D eigenvalue weighted by atomic mass is 10.1. The molecule has 4 aromatic rings. The molecule has 0 saturated heterocycles. The second kappa shape index (κ2) is 9.43. The average molecular weight is 513 g/mol. The van der Waals surface area contributed by atoms with E-state index < -0.39 is 10.0 Å². The number of fused-ring (bicyclic) bond motifs is 1. The first-order valence-electron chi connectivity index (χ1n) is 11.5. The maximum atomic E-state index is 13.7. The number of halogens is 1. The molecule has 7 nitrogen and oxygen atoms in total. The molecule has 1 aliphatic carbocycles. The van der Waals surface area contributed by atoms with E-state index in [2.05, 4.69) is 0 Å². The topological polar surface area (TPSA) is 84.0 Å². The monoisotopic (exact) mass is 512 g/mol. The molecule has 1 amide bonds. The molecule has 182 valence electrons. The van der Waals surface area contributed by atoms with Crippen molar-refractivity contribution in [2.45, 2.75) is 37.8 Å². The van der Waals surface area contributed by atoms with Gasteiger partial charge in [0.2, 0.25) is 5.91 Å². The SMILES string of the molecule is CCN(c1ccc(Cl)cc1CN(Cc1ccco1)C(=O)C1CC1)S(=O)(=O)c1ccc2occc2c1. The van der Waals surface area contributed by atoms with Crippen LogP contribution in [-0.4, -0.2) is 25.8 Å². The molecule has 1 fully saturated rings. The van der Waals surface area contributed by atoms with E-state index in [1.54, 1.807) is 66.6 Å². The number of nitrogens with zero attached hydrogens (tertiary/aromatic N) is 2. The molecule has 35 heavy (non-hydrogen) atoms. The third-order valence-electron chi connectivity index (χ3n) is 6.14. The molecular weight excluding hydrogens is 488 g/mol. The number of carbonyl (C=O) groups is 1. The Hall–Kier alpha value is -3.23. The van der Waals surface area contributed by atoms with Crippen molar-refractivity contribution in [2.75, 3.05) is 10.8 Å². The third-order valence-corrected chi connectivity index (χ3v) is 8.26. The third kappa shape index (κ3) is 4.81. The lowest BCUT2D eigenvalue weighted by Gasteiger charge is -2.28. The van der Waals surface area contributed by atoms with E-state index in [1.807, 2.05) is 6.07 Å². The number of carbonyl (C=O) groups excluding carboxylic acids is 1. The number of amides is 1. The number of anilines is 1. The number of hydrogen-bond donors (Lipinski definition) is 0. The molecule has 0 bridgehead atoms. The van der Waals surface area contributed by atoms with Gasteiger partial charge < -0.3 is 13.7 Å². The molecule has 2 aromatic carbocycles. The highest BCUT2D eigenvalue weighted by atomic mass is 35.5. The standard InChI is InChI=1S/C26H25ClN2O5S/c1-2-29(35(31,32)23-8-10-25-19(15-23)11-13-34-25)24-9-7-21(27)14-20(24)16-28(26(30)18-5-6-18)17-22-4-3-12-33-22/h3-4,7-15,18H,2,5-6,16-17H2,1H3.